The summed E-state index contributed by atoms with van der Waals surface area (Å²) in [5.74, 6) is 3.63. The van der Waals surface area contributed by atoms with Gasteiger partial charge in [-0.1, -0.05) is 0 Å². The molecule has 0 aromatic carbocycles. The van der Waals surface area contributed by atoms with Crippen molar-refractivity contribution in [2.45, 2.75) is 26.8 Å². The van der Waals surface area contributed by atoms with E-state index in [-0.39, 0.29) is 0 Å². The lowest BCUT2D eigenvalue weighted by Crippen LogP contribution is -2.19. The van der Waals surface area contributed by atoms with E-state index in [1.807, 2.05) is 24.8 Å². The molecule has 1 aromatic heterocycles. The molecule has 0 saturated carbocycles. The zero-order valence-corrected chi connectivity index (χ0v) is 11.2. The van der Waals surface area contributed by atoms with Crippen molar-refractivity contribution in [3.63, 3.8) is 0 Å². The van der Waals surface area contributed by atoms with Crippen LogP contribution < -0.4 is 10.6 Å². The molecule has 5 heteroatoms. The quantitative estimate of drug-likeness (QED) is 0.799. The van der Waals surface area contributed by atoms with Crippen molar-refractivity contribution < 1.29 is 0 Å². The lowest BCUT2D eigenvalue weighted by Gasteiger charge is -2.14. The molecule has 4 nitrogen and oxygen atoms in total. The van der Waals surface area contributed by atoms with Gasteiger partial charge in [0, 0.05) is 24.4 Å². The van der Waals surface area contributed by atoms with Crippen molar-refractivity contribution in [3.8, 4) is 0 Å². The van der Waals surface area contributed by atoms with Crippen LogP contribution in [-0.4, -0.2) is 34.6 Å². The van der Waals surface area contributed by atoms with Gasteiger partial charge in [-0.3, -0.25) is 0 Å². The van der Waals surface area contributed by atoms with Crippen LogP contribution in [0, 0.1) is 6.92 Å². The first kappa shape index (κ1) is 13.1. The van der Waals surface area contributed by atoms with Crippen LogP contribution in [0.3, 0.4) is 0 Å². The molecule has 1 atom stereocenters. The van der Waals surface area contributed by atoms with Gasteiger partial charge in [0.25, 0.3) is 0 Å². The maximum Gasteiger partial charge on any atom is 0.132 e. The second-order valence-electron chi connectivity index (χ2n) is 3.72. The van der Waals surface area contributed by atoms with E-state index in [1.54, 1.807) is 0 Å². The van der Waals surface area contributed by atoms with E-state index in [1.165, 1.54) is 0 Å². The van der Waals surface area contributed by atoms with Crippen LogP contribution in [0.4, 0.5) is 11.6 Å². The van der Waals surface area contributed by atoms with Gasteiger partial charge in [0.05, 0.1) is 0 Å². The van der Waals surface area contributed by atoms with E-state index in [2.05, 4.69) is 40.7 Å². The van der Waals surface area contributed by atoms with Crippen molar-refractivity contribution >= 4 is 23.4 Å². The molecule has 1 unspecified atom stereocenters. The smallest absolute Gasteiger partial charge is 0.132 e. The predicted octanol–water partition coefficient (Wildman–Crippen LogP) is 2.38. The number of thioether (sulfide) groups is 1. The van der Waals surface area contributed by atoms with Crippen LogP contribution in [0.2, 0.25) is 0 Å². The molecule has 90 valence electrons. The molecule has 1 aromatic rings. The normalized spacial score (nSPS) is 12.2. The van der Waals surface area contributed by atoms with Crippen molar-refractivity contribution in [1.82, 2.24) is 9.97 Å². The highest BCUT2D eigenvalue weighted by molar-refractivity contribution is 7.98. The first-order valence-electron chi connectivity index (χ1n) is 5.50. The third-order valence-electron chi connectivity index (χ3n) is 2.01. The molecular weight excluding hydrogens is 220 g/mol. The van der Waals surface area contributed by atoms with Crippen LogP contribution in [0.1, 0.15) is 19.7 Å². The van der Waals surface area contributed by atoms with Gasteiger partial charge < -0.3 is 10.6 Å². The van der Waals surface area contributed by atoms with Gasteiger partial charge in [0.1, 0.15) is 17.5 Å². The van der Waals surface area contributed by atoms with Crippen LogP contribution in [-0.2, 0) is 0 Å². The van der Waals surface area contributed by atoms with E-state index in [4.69, 9.17) is 0 Å². The maximum absolute atomic E-state index is 4.37. The van der Waals surface area contributed by atoms with Crippen molar-refractivity contribution in [1.29, 1.82) is 0 Å². The number of hydrogen-bond acceptors (Lipinski definition) is 5. The summed E-state index contributed by atoms with van der Waals surface area (Å²) in [5, 5.41) is 6.57. The fourth-order valence-corrected chi connectivity index (χ4v) is 2.04. The minimum atomic E-state index is 0.416. The summed E-state index contributed by atoms with van der Waals surface area (Å²) < 4.78 is 0. The SMILES string of the molecule is CCNc1cc(NC(C)CSC)nc(C)n1. The van der Waals surface area contributed by atoms with E-state index >= 15 is 0 Å². The Morgan fingerprint density at radius 3 is 2.69 bits per heavy atom. The molecule has 0 aliphatic carbocycles. The van der Waals surface area contributed by atoms with E-state index in [0.717, 1.165) is 29.8 Å². The topological polar surface area (TPSA) is 49.8 Å². The molecule has 0 radical (unpaired) electrons. The van der Waals surface area contributed by atoms with Crippen LogP contribution in [0.25, 0.3) is 0 Å². The number of rotatable bonds is 6. The van der Waals surface area contributed by atoms with Gasteiger partial charge >= 0.3 is 0 Å². The second kappa shape index (κ2) is 6.58. The van der Waals surface area contributed by atoms with Gasteiger partial charge in [-0.25, -0.2) is 9.97 Å². The van der Waals surface area contributed by atoms with E-state index in [9.17, 15) is 0 Å². The molecule has 0 bridgehead atoms. The lowest BCUT2D eigenvalue weighted by atomic mass is 10.4. The molecular formula is C11H20N4S. The minimum Gasteiger partial charge on any atom is -0.370 e. The summed E-state index contributed by atoms with van der Waals surface area (Å²) >= 11 is 1.83. The first-order valence-corrected chi connectivity index (χ1v) is 6.90. The Kier molecular flexibility index (Phi) is 5.38. The van der Waals surface area contributed by atoms with Crippen molar-refractivity contribution in [2.24, 2.45) is 0 Å². The fraction of sp³-hybridized carbons (Fsp3) is 0.636. The van der Waals surface area contributed by atoms with E-state index in [0.29, 0.717) is 6.04 Å². The Morgan fingerprint density at radius 2 is 2.06 bits per heavy atom. The highest BCUT2D eigenvalue weighted by Gasteiger charge is 2.04. The average molecular weight is 240 g/mol. The maximum atomic E-state index is 4.37. The van der Waals surface area contributed by atoms with E-state index < -0.39 is 0 Å². The molecule has 2 N–H and O–H groups in total. The Labute approximate surface area is 102 Å². The fourth-order valence-electron chi connectivity index (χ4n) is 1.46. The summed E-state index contributed by atoms with van der Waals surface area (Å²) in [6.45, 7) is 6.99. The molecule has 0 amide bonds. The number of nitrogens with one attached hydrogen (secondary N) is 2. The summed E-state index contributed by atoms with van der Waals surface area (Å²) in [6.07, 6.45) is 2.10. The summed E-state index contributed by atoms with van der Waals surface area (Å²) in [5.41, 5.74) is 0. The summed E-state index contributed by atoms with van der Waals surface area (Å²) in [7, 11) is 0. The summed E-state index contributed by atoms with van der Waals surface area (Å²) in [4.78, 5) is 8.68. The lowest BCUT2D eigenvalue weighted by molar-refractivity contribution is 0.893. The second-order valence-corrected chi connectivity index (χ2v) is 4.63. The zero-order chi connectivity index (χ0) is 12.0. The minimum absolute atomic E-state index is 0.416. The number of anilines is 2. The molecule has 0 saturated heterocycles. The third kappa shape index (κ3) is 4.26. The van der Waals surface area contributed by atoms with Crippen LogP contribution in [0.5, 0.6) is 0 Å². The monoisotopic (exact) mass is 240 g/mol. The zero-order valence-electron chi connectivity index (χ0n) is 10.4. The summed E-state index contributed by atoms with van der Waals surface area (Å²) in [6, 6.07) is 2.37. The largest absolute Gasteiger partial charge is 0.370 e. The number of aryl methyl sites for hydroxylation is 1. The van der Waals surface area contributed by atoms with Crippen molar-refractivity contribution in [3.05, 3.63) is 11.9 Å². The standard InChI is InChI=1S/C11H20N4S/c1-5-12-10-6-11(15-9(3)14-10)13-8(2)7-16-4/h6,8H,5,7H2,1-4H3,(H2,12,13,14,15). The predicted molar refractivity (Wildman–Crippen MR) is 72.4 cm³/mol. The van der Waals surface area contributed by atoms with Gasteiger partial charge in [0.15, 0.2) is 0 Å². The Balaban J connectivity index is 2.71. The highest BCUT2D eigenvalue weighted by atomic mass is 32.2. The molecule has 0 aliphatic heterocycles. The average Bonchev–Trinajstić information content (AvgIpc) is 2.17. The number of aromatic nitrogens is 2. The van der Waals surface area contributed by atoms with Crippen LogP contribution in [0.15, 0.2) is 6.07 Å². The molecule has 1 heterocycles. The number of nitrogens with zero attached hydrogens (tertiary/aromatic N) is 2. The molecule has 0 aliphatic rings. The van der Waals surface area contributed by atoms with Gasteiger partial charge in [-0.05, 0) is 27.0 Å². The van der Waals surface area contributed by atoms with Crippen LogP contribution >= 0.6 is 11.8 Å². The van der Waals surface area contributed by atoms with Gasteiger partial charge in [-0.2, -0.15) is 11.8 Å². The first-order chi connectivity index (χ1) is 7.65. The Hall–Kier alpha value is -0.970. The Bertz CT molecular complexity index is 330. The highest BCUT2D eigenvalue weighted by Crippen LogP contribution is 2.12. The Morgan fingerprint density at radius 1 is 1.38 bits per heavy atom. The molecule has 0 fully saturated rings. The van der Waals surface area contributed by atoms with Gasteiger partial charge in [-0.15, -0.1) is 0 Å². The molecule has 0 spiro atoms. The molecule has 1 rings (SSSR count). The molecule has 16 heavy (non-hydrogen) atoms. The van der Waals surface area contributed by atoms with Gasteiger partial charge in [0.2, 0.25) is 0 Å². The van der Waals surface area contributed by atoms with Crippen molar-refractivity contribution in [2.75, 3.05) is 29.2 Å². The third-order valence-corrected chi connectivity index (χ3v) is 2.84. The number of hydrogen-bond donors (Lipinski definition) is 2.